The summed E-state index contributed by atoms with van der Waals surface area (Å²) >= 11 is 1.35. The number of anilines is 1. The molecule has 4 rings (SSSR count). The number of aromatic nitrogens is 2. The van der Waals surface area contributed by atoms with E-state index in [1.165, 1.54) is 24.8 Å². The van der Waals surface area contributed by atoms with E-state index in [2.05, 4.69) is 15.0 Å². The van der Waals surface area contributed by atoms with Crippen molar-refractivity contribution in [2.24, 2.45) is 16.6 Å². The number of amidine groups is 1. The number of amides is 1. The second kappa shape index (κ2) is 7.30. The van der Waals surface area contributed by atoms with Crippen molar-refractivity contribution in [3.8, 4) is 0 Å². The zero-order chi connectivity index (χ0) is 20.8. The van der Waals surface area contributed by atoms with Crippen LogP contribution in [0.3, 0.4) is 0 Å². The number of thioether (sulfide) groups is 1. The van der Waals surface area contributed by atoms with E-state index in [1.54, 1.807) is 0 Å². The normalized spacial score (nSPS) is 23.4. The number of nitrogens with zero attached hydrogens (tertiary/aromatic N) is 4. The highest BCUT2D eigenvalue weighted by molar-refractivity contribution is 8.13. The van der Waals surface area contributed by atoms with Gasteiger partial charge in [0, 0.05) is 17.2 Å². The molecular formula is C18H16F3N5O2S. The molecule has 7 nitrogen and oxygen atoms in total. The minimum Gasteiger partial charge on any atom is -0.379 e. The van der Waals surface area contributed by atoms with E-state index in [0.29, 0.717) is 17.5 Å². The van der Waals surface area contributed by atoms with Gasteiger partial charge in [0.15, 0.2) is 10.9 Å². The Labute approximate surface area is 168 Å². The van der Waals surface area contributed by atoms with Gasteiger partial charge >= 0.3 is 5.91 Å². The quantitative estimate of drug-likeness (QED) is 0.763. The highest BCUT2D eigenvalue weighted by Gasteiger charge is 2.49. The standard InChI is InChI=1S/C18H16F3N5O2S/c1-9-15(23-5-14(20)24-9)16(27)26(21)11-2-3-13(19)12(4-11)18-8-28-6-10(18)7-29-17(22)25-18/h2-5,10H,6-8H2,1H3,(H2,22,25)/t10-,18-/m0/s1. The van der Waals surface area contributed by atoms with Gasteiger partial charge in [0.25, 0.3) is 0 Å². The fourth-order valence-electron chi connectivity index (χ4n) is 3.54. The van der Waals surface area contributed by atoms with Gasteiger partial charge in [-0.1, -0.05) is 16.2 Å². The minimum atomic E-state index is -1.15. The number of nitrogens with two attached hydrogens (primary N) is 1. The van der Waals surface area contributed by atoms with Gasteiger partial charge in [-0.15, -0.1) is 5.12 Å². The predicted molar refractivity (Wildman–Crippen MR) is 101 cm³/mol. The van der Waals surface area contributed by atoms with Crippen molar-refractivity contribution in [3.63, 3.8) is 0 Å². The van der Waals surface area contributed by atoms with Crippen LogP contribution in [0.2, 0.25) is 0 Å². The van der Waals surface area contributed by atoms with E-state index in [-0.39, 0.29) is 40.3 Å². The Balaban J connectivity index is 1.73. The molecule has 3 heterocycles. The first-order valence-corrected chi connectivity index (χ1v) is 9.65. The molecule has 2 aliphatic rings. The van der Waals surface area contributed by atoms with Crippen LogP contribution in [0.25, 0.3) is 0 Å². The maximum atomic E-state index is 14.9. The number of fused-ring (bicyclic) bond motifs is 1. The Morgan fingerprint density at radius 3 is 2.97 bits per heavy atom. The van der Waals surface area contributed by atoms with Crippen molar-refractivity contribution in [1.82, 2.24) is 9.97 Å². The molecule has 11 heteroatoms. The summed E-state index contributed by atoms with van der Waals surface area (Å²) < 4.78 is 48.3. The van der Waals surface area contributed by atoms with Crippen LogP contribution in [0, 0.1) is 24.6 Å². The van der Waals surface area contributed by atoms with Crippen LogP contribution < -0.4 is 10.9 Å². The molecule has 1 saturated heterocycles. The van der Waals surface area contributed by atoms with Crippen molar-refractivity contribution in [2.75, 3.05) is 24.1 Å². The molecule has 0 spiro atoms. The molecule has 29 heavy (non-hydrogen) atoms. The third kappa shape index (κ3) is 3.33. The fourth-order valence-corrected chi connectivity index (χ4v) is 4.51. The summed E-state index contributed by atoms with van der Waals surface area (Å²) in [4.78, 5) is 24.0. The number of carbonyl (C=O) groups is 1. The molecule has 2 N–H and O–H groups in total. The Morgan fingerprint density at radius 2 is 2.21 bits per heavy atom. The summed E-state index contributed by atoms with van der Waals surface area (Å²) in [6.45, 7) is 1.81. The second-order valence-corrected chi connectivity index (χ2v) is 7.81. The first-order valence-electron chi connectivity index (χ1n) is 8.67. The summed E-state index contributed by atoms with van der Waals surface area (Å²) in [6, 6.07) is 3.40. The lowest BCUT2D eigenvalue weighted by molar-refractivity contribution is 0.0924. The Morgan fingerprint density at radius 1 is 1.41 bits per heavy atom. The first kappa shape index (κ1) is 19.6. The van der Waals surface area contributed by atoms with Crippen LogP contribution in [0.15, 0.2) is 29.4 Å². The maximum absolute atomic E-state index is 14.9. The van der Waals surface area contributed by atoms with Gasteiger partial charge in [0.2, 0.25) is 5.95 Å². The summed E-state index contributed by atoms with van der Waals surface area (Å²) in [6.07, 6.45) is 0.723. The highest BCUT2D eigenvalue weighted by atomic mass is 32.2. The number of aryl methyl sites for hydroxylation is 1. The maximum Gasteiger partial charge on any atom is 0.306 e. The van der Waals surface area contributed by atoms with Crippen molar-refractivity contribution < 1.29 is 22.8 Å². The van der Waals surface area contributed by atoms with Crippen LogP contribution in [0.1, 0.15) is 21.7 Å². The number of rotatable bonds is 3. The molecule has 2 aromatic rings. The minimum absolute atomic E-state index is 0.0653. The number of benzene rings is 1. The van der Waals surface area contributed by atoms with Crippen molar-refractivity contribution in [2.45, 2.75) is 12.5 Å². The topological polar surface area (TPSA) is 93.7 Å². The molecule has 0 radical (unpaired) electrons. The molecule has 2 atom stereocenters. The number of aliphatic imine (C=N–C) groups is 1. The number of ether oxygens (including phenoxy) is 1. The van der Waals surface area contributed by atoms with E-state index in [1.807, 2.05) is 0 Å². The molecule has 2 aliphatic heterocycles. The smallest absolute Gasteiger partial charge is 0.306 e. The lowest BCUT2D eigenvalue weighted by Crippen LogP contribution is -2.40. The molecule has 0 bridgehead atoms. The third-order valence-electron chi connectivity index (χ3n) is 5.00. The fraction of sp³-hybridized carbons (Fsp3) is 0.333. The SMILES string of the molecule is Cc1nc(F)cnc1C(=O)N(F)c1ccc(F)c([C@]23COC[C@H]2CSC(N)=N3)c1. The van der Waals surface area contributed by atoms with E-state index in [4.69, 9.17) is 10.5 Å². The van der Waals surface area contributed by atoms with Crippen molar-refractivity contribution in [1.29, 1.82) is 0 Å². The monoisotopic (exact) mass is 423 g/mol. The molecule has 0 saturated carbocycles. The molecule has 152 valence electrons. The number of hydrogen-bond donors (Lipinski definition) is 1. The predicted octanol–water partition coefficient (Wildman–Crippen LogP) is 2.50. The molecule has 1 aromatic carbocycles. The molecular weight excluding hydrogens is 407 g/mol. The number of hydrogen-bond acceptors (Lipinski definition) is 7. The van der Waals surface area contributed by atoms with Crippen molar-refractivity contribution in [3.05, 3.63) is 53.1 Å². The van der Waals surface area contributed by atoms with Crippen LogP contribution in [0.5, 0.6) is 0 Å². The lowest BCUT2D eigenvalue weighted by atomic mass is 9.81. The van der Waals surface area contributed by atoms with E-state index >= 15 is 0 Å². The summed E-state index contributed by atoms with van der Waals surface area (Å²) in [5, 5.41) is 0.117. The largest absolute Gasteiger partial charge is 0.379 e. The van der Waals surface area contributed by atoms with Gasteiger partial charge in [-0.3, -0.25) is 4.79 Å². The van der Waals surface area contributed by atoms with Gasteiger partial charge in [-0.2, -0.15) is 4.39 Å². The Hall–Kier alpha value is -2.66. The van der Waals surface area contributed by atoms with Crippen LogP contribution in [-0.2, 0) is 10.3 Å². The number of carbonyl (C=O) groups excluding carboxylic acids is 1. The molecule has 1 aromatic heterocycles. The Kier molecular flexibility index (Phi) is 4.95. The average molecular weight is 423 g/mol. The summed E-state index contributed by atoms with van der Waals surface area (Å²) in [7, 11) is 0. The van der Waals surface area contributed by atoms with Gasteiger partial charge < -0.3 is 10.5 Å². The zero-order valence-corrected chi connectivity index (χ0v) is 16.0. The molecule has 1 fully saturated rings. The Bertz CT molecular complexity index is 1020. The van der Waals surface area contributed by atoms with E-state index in [0.717, 1.165) is 18.3 Å². The zero-order valence-electron chi connectivity index (χ0n) is 15.2. The van der Waals surface area contributed by atoms with Gasteiger partial charge in [0.05, 0.1) is 30.8 Å². The highest BCUT2D eigenvalue weighted by Crippen LogP contribution is 2.46. The first-order chi connectivity index (χ1) is 13.8. The number of halogens is 3. The van der Waals surface area contributed by atoms with Gasteiger partial charge in [-0.05, 0) is 25.1 Å². The second-order valence-electron chi connectivity index (χ2n) is 6.77. The third-order valence-corrected chi connectivity index (χ3v) is 5.96. The summed E-state index contributed by atoms with van der Waals surface area (Å²) in [5.74, 6) is -2.19. The summed E-state index contributed by atoms with van der Waals surface area (Å²) in [5.41, 5.74) is 4.25. The average Bonchev–Trinajstić information content (AvgIpc) is 3.11. The molecule has 0 unspecified atom stereocenters. The van der Waals surface area contributed by atoms with Crippen LogP contribution in [0.4, 0.5) is 18.9 Å². The van der Waals surface area contributed by atoms with Gasteiger partial charge in [-0.25, -0.2) is 19.4 Å². The molecule has 0 aliphatic carbocycles. The van der Waals surface area contributed by atoms with E-state index < -0.39 is 23.2 Å². The van der Waals surface area contributed by atoms with Gasteiger partial charge in [0.1, 0.15) is 11.4 Å². The molecule has 1 amide bonds. The lowest BCUT2D eigenvalue weighted by Gasteiger charge is -2.34. The van der Waals surface area contributed by atoms with Crippen LogP contribution in [-0.4, -0.2) is 40.0 Å². The van der Waals surface area contributed by atoms with Crippen LogP contribution >= 0.6 is 11.8 Å². The van der Waals surface area contributed by atoms with Crippen molar-refractivity contribution >= 4 is 28.5 Å². The van der Waals surface area contributed by atoms with E-state index in [9.17, 15) is 18.1 Å².